The molecule has 3 aromatic carbocycles. The van der Waals surface area contributed by atoms with Crippen molar-refractivity contribution in [3.8, 4) is 6.07 Å². The molecule has 0 saturated heterocycles. The molecule has 0 bridgehead atoms. The average Bonchev–Trinajstić information content (AvgIpc) is 2.92. The van der Waals surface area contributed by atoms with Crippen molar-refractivity contribution in [1.29, 1.82) is 5.26 Å². The van der Waals surface area contributed by atoms with Crippen LogP contribution in [0.5, 0.6) is 0 Å². The van der Waals surface area contributed by atoms with Crippen LogP contribution in [0.15, 0.2) is 101 Å². The van der Waals surface area contributed by atoms with Gasteiger partial charge in [-0.05, 0) is 42.4 Å². The molecule has 3 nitrogen and oxygen atoms in total. The highest BCUT2D eigenvalue weighted by Gasteiger charge is 2.39. The van der Waals surface area contributed by atoms with E-state index in [0.29, 0.717) is 0 Å². The molecule has 0 aliphatic heterocycles. The molecule has 0 N–H and O–H groups in total. The van der Waals surface area contributed by atoms with Gasteiger partial charge in [-0.1, -0.05) is 136 Å². The zero-order chi connectivity index (χ0) is 24.2. The van der Waals surface area contributed by atoms with Crippen molar-refractivity contribution in [2.75, 3.05) is 0 Å². The Kier molecular flexibility index (Phi) is 8.85. The minimum Gasteiger partial charge on any atom is -0.196 e. The Labute approximate surface area is 210 Å². The third-order valence-corrected chi connectivity index (χ3v) is 7.35. The molecule has 1 aliphatic rings. The minimum atomic E-state index is -0.808. The number of nitriles is 1. The predicted molar refractivity (Wildman–Crippen MR) is 143 cm³/mol. The van der Waals surface area contributed by atoms with Crippen molar-refractivity contribution in [1.82, 2.24) is 0 Å². The lowest BCUT2D eigenvalue weighted by Gasteiger charge is -2.32. The van der Waals surface area contributed by atoms with E-state index in [9.17, 15) is 5.26 Å². The standard InChI is InChI=1S/C32H37N3/c33-27-31(25-17-6-4-2-1-3-5-7-18-26-31)34-35-32(28-19-11-8-12-20-28,29-21-13-9-14-22-29)30-23-15-10-16-24-30/h8-16,19-24H,1-7,17-18,25-26H2. The van der Waals surface area contributed by atoms with E-state index >= 15 is 0 Å². The number of hydrogen-bond acceptors (Lipinski definition) is 3. The average molecular weight is 464 g/mol. The lowest BCUT2D eigenvalue weighted by molar-refractivity contribution is 0.378. The van der Waals surface area contributed by atoms with Gasteiger partial charge in [0, 0.05) is 0 Å². The summed E-state index contributed by atoms with van der Waals surface area (Å²) in [5.41, 5.74) is 1.59. The Bertz CT molecular complexity index is 975. The summed E-state index contributed by atoms with van der Waals surface area (Å²) in [5.74, 6) is 0. The van der Waals surface area contributed by atoms with Crippen LogP contribution in [-0.4, -0.2) is 5.54 Å². The minimum absolute atomic E-state index is 0.775. The number of azo groups is 1. The van der Waals surface area contributed by atoms with E-state index in [-0.39, 0.29) is 0 Å². The van der Waals surface area contributed by atoms with E-state index in [1.807, 2.05) is 18.2 Å². The summed E-state index contributed by atoms with van der Waals surface area (Å²) >= 11 is 0. The second-order valence-corrected chi connectivity index (χ2v) is 9.83. The summed E-state index contributed by atoms with van der Waals surface area (Å²) in [4.78, 5) is 0. The summed E-state index contributed by atoms with van der Waals surface area (Å²) in [6, 6.07) is 33.8. The van der Waals surface area contributed by atoms with Gasteiger partial charge in [-0.25, -0.2) is 0 Å². The molecule has 1 fully saturated rings. The quantitative estimate of drug-likeness (QED) is 0.275. The van der Waals surface area contributed by atoms with Gasteiger partial charge < -0.3 is 0 Å². The van der Waals surface area contributed by atoms with Gasteiger partial charge in [0.2, 0.25) is 0 Å². The van der Waals surface area contributed by atoms with Crippen LogP contribution in [0, 0.1) is 11.3 Å². The Balaban J connectivity index is 1.82. The van der Waals surface area contributed by atoms with E-state index in [1.165, 1.54) is 44.9 Å². The Morgan fingerprint density at radius 2 is 0.886 bits per heavy atom. The predicted octanol–water partition coefficient (Wildman–Crippen LogP) is 9.00. The van der Waals surface area contributed by atoms with Gasteiger partial charge in [-0.2, -0.15) is 15.5 Å². The molecule has 4 rings (SSSR count). The zero-order valence-electron chi connectivity index (χ0n) is 20.8. The maximum Gasteiger partial charge on any atom is 0.167 e. The third-order valence-electron chi connectivity index (χ3n) is 7.35. The first kappa shape index (κ1) is 24.9. The smallest absolute Gasteiger partial charge is 0.167 e. The van der Waals surface area contributed by atoms with Crippen LogP contribution in [0.4, 0.5) is 0 Å². The molecule has 1 saturated carbocycles. The molecule has 35 heavy (non-hydrogen) atoms. The first-order valence-corrected chi connectivity index (χ1v) is 13.3. The van der Waals surface area contributed by atoms with E-state index in [2.05, 4.69) is 78.9 Å². The molecule has 180 valence electrons. The molecule has 0 atom stereocenters. The molecule has 1 aliphatic carbocycles. The van der Waals surface area contributed by atoms with Crippen molar-refractivity contribution in [3.05, 3.63) is 108 Å². The third kappa shape index (κ3) is 6.06. The van der Waals surface area contributed by atoms with Crippen LogP contribution in [0.2, 0.25) is 0 Å². The molecule has 0 unspecified atom stereocenters. The van der Waals surface area contributed by atoms with E-state index < -0.39 is 11.1 Å². The molecule has 0 amide bonds. The molecule has 3 aromatic rings. The second-order valence-electron chi connectivity index (χ2n) is 9.83. The fourth-order valence-electron chi connectivity index (χ4n) is 5.31. The maximum absolute atomic E-state index is 10.5. The second kappa shape index (κ2) is 12.5. The van der Waals surface area contributed by atoms with E-state index in [4.69, 9.17) is 10.2 Å². The van der Waals surface area contributed by atoms with Crippen LogP contribution in [-0.2, 0) is 5.54 Å². The molecular weight excluding hydrogens is 426 g/mol. The summed E-state index contributed by atoms with van der Waals surface area (Å²) in [6.45, 7) is 0. The van der Waals surface area contributed by atoms with Crippen LogP contribution < -0.4 is 0 Å². The van der Waals surface area contributed by atoms with Crippen LogP contribution in [0.1, 0.15) is 87.3 Å². The van der Waals surface area contributed by atoms with Gasteiger partial charge in [0.05, 0.1) is 6.07 Å². The Morgan fingerprint density at radius 3 is 1.23 bits per heavy atom. The van der Waals surface area contributed by atoms with Gasteiger partial charge in [-0.15, -0.1) is 0 Å². The number of rotatable bonds is 5. The van der Waals surface area contributed by atoms with E-state index in [1.54, 1.807) is 0 Å². The SMILES string of the molecule is N#CC1(N=NC(c2ccccc2)(c2ccccc2)c2ccccc2)CCCCCCCCCCC1. The molecule has 0 aromatic heterocycles. The van der Waals surface area contributed by atoms with Gasteiger partial charge in [0.1, 0.15) is 0 Å². The van der Waals surface area contributed by atoms with Gasteiger partial charge >= 0.3 is 0 Å². The van der Waals surface area contributed by atoms with Crippen molar-refractivity contribution < 1.29 is 0 Å². The van der Waals surface area contributed by atoms with E-state index in [0.717, 1.165) is 42.4 Å². The first-order valence-electron chi connectivity index (χ1n) is 13.3. The van der Waals surface area contributed by atoms with Crippen molar-refractivity contribution in [2.24, 2.45) is 10.2 Å². The van der Waals surface area contributed by atoms with Gasteiger partial charge in [0.15, 0.2) is 11.1 Å². The molecule has 0 heterocycles. The zero-order valence-corrected chi connectivity index (χ0v) is 20.8. The van der Waals surface area contributed by atoms with Crippen molar-refractivity contribution in [2.45, 2.75) is 81.7 Å². The topological polar surface area (TPSA) is 48.5 Å². The van der Waals surface area contributed by atoms with Crippen molar-refractivity contribution in [3.63, 3.8) is 0 Å². The number of nitrogens with zero attached hydrogens (tertiary/aromatic N) is 3. The summed E-state index contributed by atoms with van der Waals surface area (Å²) in [6.07, 6.45) is 12.4. The lowest BCUT2D eigenvalue weighted by Crippen LogP contribution is -2.30. The Hall–Kier alpha value is -3.25. The molecular formula is C32H37N3. The van der Waals surface area contributed by atoms with Crippen LogP contribution >= 0.6 is 0 Å². The highest BCUT2D eigenvalue weighted by atomic mass is 15.2. The first-order chi connectivity index (χ1) is 17.3. The fourth-order valence-corrected chi connectivity index (χ4v) is 5.31. The highest BCUT2D eigenvalue weighted by Crippen LogP contribution is 2.42. The largest absolute Gasteiger partial charge is 0.196 e. The van der Waals surface area contributed by atoms with Crippen molar-refractivity contribution >= 4 is 0 Å². The monoisotopic (exact) mass is 463 g/mol. The Morgan fingerprint density at radius 1 is 0.543 bits per heavy atom. The number of benzene rings is 3. The normalized spacial score (nSPS) is 17.7. The summed E-state index contributed by atoms with van der Waals surface area (Å²) in [5, 5.41) is 20.7. The van der Waals surface area contributed by atoms with Gasteiger partial charge in [-0.3, -0.25) is 0 Å². The van der Waals surface area contributed by atoms with Crippen LogP contribution in [0.25, 0.3) is 0 Å². The van der Waals surface area contributed by atoms with Crippen LogP contribution in [0.3, 0.4) is 0 Å². The molecule has 0 spiro atoms. The highest BCUT2D eigenvalue weighted by molar-refractivity contribution is 5.49. The lowest BCUT2D eigenvalue weighted by atomic mass is 9.78. The number of hydrogen-bond donors (Lipinski definition) is 0. The van der Waals surface area contributed by atoms with Gasteiger partial charge in [0.25, 0.3) is 0 Å². The summed E-state index contributed by atoms with van der Waals surface area (Å²) < 4.78 is 0. The maximum atomic E-state index is 10.5. The fraction of sp³-hybridized carbons (Fsp3) is 0.406. The summed E-state index contributed by atoms with van der Waals surface area (Å²) in [7, 11) is 0. The molecule has 3 heteroatoms. The molecule has 0 radical (unpaired) electrons.